The maximum atomic E-state index is 5.97. The molecule has 3 aromatic rings. The Morgan fingerprint density at radius 2 is 1.44 bits per heavy atom. The van der Waals surface area contributed by atoms with Crippen molar-refractivity contribution in [1.29, 1.82) is 0 Å². The van der Waals surface area contributed by atoms with Gasteiger partial charge < -0.3 is 9.47 Å². The summed E-state index contributed by atoms with van der Waals surface area (Å²) in [5.41, 5.74) is 4.55. The van der Waals surface area contributed by atoms with Crippen molar-refractivity contribution >= 4 is 0 Å². The first-order valence-corrected chi connectivity index (χ1v) is 8.50. The van der Waals surface area contributed by atoms with E-state index < -0.39 is 0 Å². The van der Waals surface area contributed by atoms with Crippen LogP contribution in [0.5, 0.6) is 11.5 Å². The second-order valence-corrected chi connectivity index (χ2v) is 6.02. The maximum absolute atomic E-state index is 5.97. The van der Waals surface area contributed by atoms with E-state index in [1.54, 1.807) is 7.11 Å². The van der Waals surface area contributed by atoms with Gasteiger partial charge in [0.1, 0.15) is 18.1 Å². The van der Waals surface area contributed by atoms with E-state index in [0.717, 1.165) is 41.0 Å². The molecule has 0 aliphatic carbocycles. The Balaban J connectivity index is 1.75. The van der Waals surface area contributed by atoms with Crippen LogP contribution in [-0.4, -0.2) is 7.11 Å². The average Bonchev–Trinajstić information content (AvgIpc) is 2.67. The fraction of sp³-hybridized carbons (Fsp3) is 0.174. The largest absolute Gasteiger partial charge is 0.496 e. The van der Waals surface area contributed by atoms with E-state index in [1.165, 1.54) is 5.56 Å². The minimum Gasteiger partial charge on any atom is -0.496 e. The summed E-state index contributed by atoms with van der Waals surface area (Å²) in [5, 5.41) is 0. The summed E-state index contributed by atoms with van der Waals surface area (Å²) in [7, 11) is 1.67. The number of aryl methyl sites for hydroxylation is 2. The smallest absolute Gasteiger partial charge is 0.126 e. The fourth-order valence-corrected chi connectivity index (χ4v) is 2.83. The minimum atomic E-state index is 0.540. The summed E-state index contributed by atoms with van der Waals surface area (Å²) in [4.78, 5) is 0. The molecular weight excluding hydrogens is 308 g/mol. The van der Waals surface area contributed by atoms with Crippen LogP contribution in [-0.2, 0) is 19.4 Å². The Kier molecular flexibility index (Phi) is 5.73. The molecule has 0 aromatic heterocycles. The van der Waals surface area contributed by atoms with Gasteiger partial charge in [-0.25, -0.2) is 0 Å². The Morgan fingerprint density at radius 1 is 0.800 bits per heavy atom. The molecule has 0 fully saturated rings. The molecule has 2 heteroatoms. The molecule has 0 saturated carbocycles. The van der Waals surface area contributed by atoms with Gasteiger partial charge in [-0.15, -0.1) is 0 Å². The van der Waals surface area contributed by atoms with Gasteiger partial charge in [-0.3, -0.25) is 0 Å². The molecule has 0 spiro atoms. The van der Waals surface area contributed by atoms with Crippen LogP contribution in [0.3, 0.4) is 0 Å². The number of methoxy groups -OCH3 is 1. The Hall–Kier alpha value is -2.74. The number of hydrogen-bond donors (Lipinski definition) is 0. The second kappa shape index (κ2) is 8.39. The normalized spacial score (nSPS) is 10.5. The highest BCUT2D eigenvalue weighted by molar-refractivity contribution is 5.48. The van der Waals surface area contributed by atoms with E-state index in [0.29, 0.717) is 6.61 Å². The zero-order valence-corrected chi connectivity index (χ0v) is 14.6. The zero-order chi connectivity index (χ0) is 17.5. The van der Waals surface area contributed by atoms with Crippen molar-refractivity contribution < 1.29 is 9.47 Å². The molecule has 0 bridgehead atoms. The Bertz CT molecular complexity index is 795. The SMILES string of the molecule is [CH2]c1c(CCc2ccccc2)cc(OCc2ccccc2)cc1OC. The standard InChI is InChI=1S/C23H23O2/c1-18-21(14-13-19-9-5-3-6-10-19)15-22(16-23(18)24-2)25-17-20-11-7-4-8-12-20/h3-12,15-16H,1,13-14,17H2,2H3. The zero-order valence-electron chi connectivity index (χ0n) is 14.6. The van der Waals surface area contributed by atoms with Crippen LogP contribution in [0.4, 0.5) is 0 Å². The van der Waals surface area contributed by atoms with Crippen molar-refractivity contribution in [2.24, 2.45) is 0 Å². The summed E-state index contributed by atoms with van der Waals surface area (Å²) < 4.78 is 11.5. The van der Waals surface area contributed by atoms with Gasteiger partial charge in [0.2, 0.25) is 0 Å². The van der Waals surface area contributed by atoms with Crippen molar-refractivity contribution in [3.63, 3.8) is 0 Å². The van der Waals surface area contributed by atoms with Crippen LogP contribution in [0.1, 0.15) is 22.3 Å². The molecule has 0 aliphatic rings. The lowest BCUT2D eigenvalue weighted by atomic mass is 9.99. The van der Waals surface area contributed by atoms with Crippen LogP contribution in [0.25, 0.3) is 0 Å². The van der Waals surface area contributed by atoms with Crippen LogP contribution >= 0.6 is 0 Å². The molecule has 0 heterocycles. The van der Waals surface area contributed by atoms with Crippen LogP contribution < -0.4 is 9.47 Å². The van der Waals surface area contributed by atoms with Crippen LogP contribution in [0.2, 0.25) is 0 Å². The van der Waals surface area contributed by atoms with Gasteiger partial charge in [-0.05, 0) is 48.1 Å². The molecule has 0 unspecified atom stereocenters. The quantitative estimate of drug-likeness (QED) is 0.589. The minimum absolute atomic E-state index is 0.540. The predicted molar refractivity (Wildman–Crippen MR) is 102 cm³/mol. The molecule has 0 amide bonds. The van der Waals surface area contributed by atoms with Crippen LogP contribution in [0, 0.1) is 6.92 Å². The first-order valence-electron chi connectivity index (χ1n) is 8.50. The van der Waals surface area contributed by atoms with E-state index in [1.807, 2.05) is 30.3 Å². The predicted octanol–water partition coefficient (Wildman–Crippen LogP) is 5.24. The van der Waals surface area contributed by atoms with Crippen molar-refractivity contribution in [3.05, 3.63) is 102 Å². The average molecular weight is 331 g/mol. The number of hydrogen-bond acceptors (Lipinski definition) is 2. The summed E-state index contributed by atoms with van der Waals surface area (Å²) in [6.45, 7) is 4.72. The first kappa shape index (κ1) is 17.1. The molecule has 0 atom stereocenters. The molecule has 25 heavy (non-hydrogen) atoms. The van der Waals surface area contributed by atoms with Gasteiger partial charge >= 0.3 is 0 Å². The Labute approximate surface area is 150 Å². The highest BCUT2D eigenvalue weighted by atomic mass is 16.5. The van der Waals surface area contributed by atoms with Crippen molar-refractivity contribution in [2.75, 3.05) is 7.11 Å². The third kappa shape index (κ3) is 4.63. The van der Waals surface area contributed by atoms with Gasteiger partial charge in [0, 0.05) is 6.07 Å². The third-order valence-corrected chi connectivity index (χ3v) is 4.27. The van der Waals surface area contributed by atoms with E-state index in [9.17, 15) is 0 Å². The molecule has 0 N–H and O–H groups in total. The van der Waals surface area contributed by atoms with E-state index in [4.69, 9.17) is 9.47 Å². The van der Waals surface area contributed by atoms with E-state index in [2.05, 4.69) is 49.4 Å². The highest BCUT2D eigenvalue weighted by Crippen LogP contribution is 2.29. The van der Waals surface area contributed by atoms with Crippen LogP contribution in [0.15, 0.2) is 72.8 Å². The van der Waals surface area contributed by atoms with Crippen molar-refractivity contribution in [3.8, 4) is 11.5 Å². The van der Waals surface area contributed by atoms with E-state index in [-0.39, 0.29) is 0 Å². The molecule has 0 aliphatic heterocycles. The van der Waals surface area contributed by atoms with Gasteiger partial charge in [0.15, 0.2) is 0 Å². The van der Waals surface area contributed by atoms with Gasteiger partial charge in [-0.1, -0.05) is 60.7 Å². The number of rotatable bonds is 7. The summed E-state index contributed by atoms with van der Waals surface area (Å²) in [5.74, 6) is 1.59. The van der Waals surface area contributed by atoms with Crippen molar-refractivity contribution in [1.82, 2.24) is 0 Å². The van der Waals surface area contributed by atoms with E-state index >= 15 is 0 Å². The topological polar surface area (TPSA) is 18.5 Å². The van der Waals surface area contributed by atoms with Crippen molar-refractivity contribution in [2.45, 2.75) is 19.4 Å². The lowest BCUT2D eigenvalue weighted by molar-refractivity contribution is 0.303. The highest BCUT2D eigenvalue weighted by Gasteiger charge is 2.09. The molecule has 1 radical (unpaired) electrons. The third-order valence-electron chi connectivity index (χ3n) is 4.27. The second-order valence-electron chi connectivity index (χ2n) is 6.02. The molecule has 127 valence electrons. The molecule has 0 saturated heterocycles. The first-order chi connectivity index (χ1) is 12.3. The molecule has 3 aromatic carbocycles. The van der Waals surface area contributed by atoms with Gasteiger partial charge in [0.05, 0.1) is 7.11 Å². The number of ether oxygens (including phenoxy) is 2. The molecular formula is C23H23O2. The monoisotopic (exact) mass is 331 g/mol. The number of benzene rings is 3. The summed E-state index contributed by atoms with van der Waals surface area (Å²) >= 11 is 0. The maximum Gasteiger partial charge on any atom is 0.126 e. The Morgan fingerprint density at radius 3 is 2.08 bits per heavy atom. The summed E-state index contributed by atoms with van der Waals surface area (Å²) in [6, 6.07) is 24.6. The van der Waals surface area contributed by atoms with Gasteiger partial charge in [-0.2, -0.15) is 0 Å². The molecule has 3 rings (SSSR count). The summed E-state index contributed by atoms with van der Waals surface area (Å²) in [6.07, 6.45) is 1.87. The molecule has 2 nitrogen and oxygen atoms in total. The lowest BCUT2D eigenvalue weighted by Crippen LogP contribution is -2.01. The fourth-order valence-electron chi connectivity index (χ4n) is 2.83. The lowest BCUT2D eigenvalue weighted by Gasteiger charge is -2.14. The van der Waals surface area contributed by atoms with Gasteiger partial charge in [0.25, 0.3) is 0 Å².